The molecule has 24 heavy (non-hydrogen) atoms. The molecule has 2 heterocycles. The van der Waals surface area contributed by atoms with E-state index in [1.807, 2.05) is 18.2 Å². The Labute approximate surface area is 141 Å². The Morgan fingerprint density at radius 2 is 2.12 bits per heavy atom. The summed E-state index contributed by atoms with van der Waals surface area (Å²) in [7, 11) is 0. The van der Waals surface area contributed by atoms with Gasteiger partial charge in [-0.05, 0) is 30.0 Å². The molecular weight excluding hydrogens is 302 g/mol. The third kappa shape index (κ3) is 3.82. The highest BCUT2D eigenvalue weighted by molar-refractivity contribution is 5.45. The largest absolute Gasteiger partial charge is 0.493 e. The standard InChI is InChI=1S/C18H23N5O/c1-4-15-9-17(23-18(22-15)20-12-21-23)19-10-14-6-5-7-16(8-14)24-11-13(2)3/h5-9,12-13,19H,4,10-11H2,1-3H3. The lowest BCUT2D eigenvalue weighted by Gasteiger charge is -2.12. The molecule has 2 aromatic heterocycles. The van der Waals surface area contributed by atoms with E-state index in [1.165, 1.54) is 6.33 Å². The van der Waals surface area contributed by atoms with Gasteiger partial charge in [-0.3, -0.25) is 0 Å². The topological polar surface area (TPSA) is 64.3 Å². The zero-order chi connectivity index (χ0) is 16.9. The van der Waals surface area contributed by atoms with Crippen LogP contribution in [0.1, 0.15) is 32.0 Å². The molecule has 3 aromatic rings. The molecule has 0 saturated carbocycles. The fraction of sp³-hybridized carbons (Fsp3) is 0.389. The minimum atomic E-state index is 0.511. The summed E-state index contributed by atoms with van der Waals surface area (Å²) in [5, 5.41) is 7.65. The summed E-state index contributed by atoms with van der Waals surface area (Å²) in [5.74, 6) is 2.92. The highest BCUT2D eigenvalue weighted by Gasteiger charge is 2.07. The smallest absolute Gasteiger partial charge is 0.254 e. The number of benzene rings is 1. The van der Waals surface area contributed by atoms with Crippen LogP contribution in [-0.2, 0) is 13.0 Å². The fourth-order valence-electron chi connectivity index (χ4n) is 2.37. The molecule has 0 unspecified atom stereocenters. The van der Waals surface area contributed by atoms with Crippen LogP contribution in [0.25, 0.3) is 5.78 Å². The van der Waals surface area contributed by atoms with E-state index in [1.54, 1.807) is 4.52 Å². The van der Waals surface area contributed by atoms with Crippen LogP contribution in [0.5, 0.6) is 5.75 Å². The van der Waals surface area contributed by atoms with Gasteiger partial charge >= 0.3 is 0 Å². The Kier molecular flexibility index (Phi) is 4.93. The number of anilines is 1. The Morgan fingerprint density at radius 1 is 1.25 bits per heavy atom. The Morgan fingerprint density at radius 3 is 2.92 bits per heavy atom. The molecule has 0 bridgehead atoms. The van der Waals surface area contributed by atoms with E-state index in [0.717, 1.165) is 35.9 Å². The van der Waals surface area contributed by atoms with Gasteiger partial charge in [-0.2, -0.15) is 14.6 Å². The molecule has 0 atom stereocenters. The van der Waals surface area contributed by atoms with Gasteiger partial charge in [0, 0.05) is 18.3 Å². The van der Waals surface area contributed by atoms with Crippen molar-refractivity contribution in [2.24, 2.45) is 5.92 Å². The van der Waals surface area contributed by atoms with E-state index < -0.39 is 0 Å². The van der Waals surface area contributed by atoms with Crippen molar-refractivity contribution in [3.05, 3.63) is 47.9 Å². The van der Waals surface area contributed by atoms with Gasteiger partial charge in [-0.25, -0.2) is 4.98 Å². The summed E-state index contributed by atoms with van der Waals surface area (Å²) >= 11 is 0. The maximum absolute atomic E-state index is 5.79. The third-order valence-corrected chi connectivity index (χ3v) is 3.62. The molecular formula is C18H23N5O. The minimum absolute atomic E-state index is 0.511. The first-order chi connectivity index (χ1) is 11.7. The van der Waals surface area contributed by atoms with Crippen molar-refractivity contribution in [3.63, 3.8) is 0 Å². The lowest BCUT2D eigenvalue weighted by molar-refractivity contribution is 0.271. The van der Waals surface area contributed by atoms with Crippen molar-refractivity contribution >= 4 is 11.6 Å². The van der Waals surface area contributed by atoms with Crippen LogP contribution >= 0.6 is 0 Å². The van der Waals surface area contributed by atoms with Crippen molar-refractivity contribution in [2.45, 2.75) is 33.7 Å². The molecule has 0 aliphatic carbocycles. The van der Waals surface area contributed by atoms with E-state index in [9.17, 15) is 0 Å². The quantitative estimate of drug-likeness (QED) is 0.722. The van der Waals surface area contributed by atoms with Crippen LogP contribution in [-0.4, -0.2) is 26.2 Å². The van der Waals surface area contributed by atoms with Gasteiger partial charge in [0.25, 0.3) is 5.78 Å². The highest BCUT2D eigenvalue weighted by atomic mass is 16.5. The third-order valence-electron chi connectivity index (χ3n) is 3.62. The van der Waals surface area contributed by atoms with Crippen LogP contribution in [0.3, 0.4) is 0 Å². The number of nitrogens with zero attached hydrogens (tertiary/aromatic N) is 4. The zero-order valence-electron chi connectivity index (χ0n) is 14.4. The molecule has 0 spiro atoms. The van der Waals surface area contributed by atoms with E-state index >= 15 is 0 Å². The number of hydrogen-bond acceptors (Lipinski definition) is 5. The Balaban J connectivity index is 1.74. The minimum Gasteiger partial charge on any atom is -0.493 e. The monoisotopic (exact) mass is 325 g/mol. The first-order valence-corrected chi connectivity index (χ1v) is 8.31. The lowest BCUT2D eigenvalue weighted by Crippen LogP contribution is -2.08. The van der Waals surface area contributed by atoms with Gasteiger partial charge in [0.1, 0.15) is 17.9 Å². The predicted molar refractivity (Wildman–Crippen MR) is 94.3 cm³/mol. The molecule has 0 radical (unpaired) electrons. The zero-order valence-corrected chi connectivity index (χ0v) is 14.4. The molecule has 6 heteroatoms. The van der Waals surface area contributed by atoms with Crippen molar-refractivity contribution < 1.29 is 4.74 Å². The molecule has 0 fully saturated rings. The summed E-state index contributed by atoms with van der Waals surface area (Å²) in [6, 6.07) is 10.2. The molecule has 6 nitrogen and oxygen atoms in total. The second-order valence-corrected chi connectivity index (χ2v) is 6.16. The summed E-state index contributed by atoms with van der Waals surface area (Å²) in [5.41, 5.74) is 2.14. The second-order valence-electron chi connectivity index (χ2n) is 6.16. The molecule has 1 aromatic carbocycles. The number of aryl methyl sites for hydroxylation is 1. The second kappa shape index (κ2) is 7.29. The number of ether oxygens (including phenoxy) is 1. The number of aromatic nitrogens is 4. The van der Waals surface area contributed by atoms with Crippen molar-refractivity contribution in [3.8, 4) is 5.75 Å². The molecule has 0 amide bonds. The van der Waals surface area contributed by atoms with Gasteiger partial charge in [0.05, 0.1) is 6.61 Å². The van der Waals surface area contributed by atoms with Crippen LogP contribution < -0.4 is 10.1 Å². The summed E-state index contributed by atoms with van der Waals surface area (Å²) in [4.78, 5) is 8.63. The van der Waals surface area contributed by atoms with Gasteiger partial charge in [0.15, 0.2) is 0 Å². The lowest BCUT2D eigenvalue weighted by atomic mass is 10.2. The maximum Gasteiger partial charge on any atom is 0.254 e. The highest BCUT2D eigenvalue weighted by Crippen LogP contribution is 2.17. The van der Waals surface area contributed by atoms with Crippen LogP contribution in [0, 0.1) is 5.92 Å². The fourth-order valence-corrected chi connectivity index (χ4v) is 2.37. The molecule has 0 aliphatic rings. The first kappa shape index (κ1) is 16.2. The van der Waals surface area contributed by atoms with Crippen LogP contribution in [0.4, 0.5) is 5.82 Å². The van der Waals surface area contributed by atoms with Crippen molar-refractivity contribution in [2.75, 3.05) is 11.9 Å². The summed E-state index contributed by atoms with van der Waals surface area (Å²) in [6.07, 6.45) is 2.38. The normalized spacial score (nSPS) is 11.2. The number of hydrogen-bond donors (Lipinski definition) is 1. The molecule has 0 aliphatic heterocycles. The van der Waals surface area contributed by atoms with Gasteiger partial charge in [-0.15, -0.1) is 0 Å². The van der Waals surface area contributed by atoms with E-state index in [0.29, 0.717) is 18.2 Å². The number of rotatable bonds is 7. The Bertz CT molecular complexity index is 812. The molecule has 126 valence electrons. The van der Waals surface area contributed by atoms with E-state index in [2.05, 4.69) is 53.3 Å². The number of nitrogens with one attached hydrogen (secondary N) is 1. The van der Waals surface area contributed by atoms with E-state index in [-0.39, 0.29) is 0 Å². The average Bonchev–Trinajstić information content (AvgIpc) is 3.06. The summed E-state index contributed by atoms with van der Waals surface area (Å²) < 4.78 is 7.51. The first-order valence-electron chi connectivity index (χ1n) is 8.31. The summed E-state index contributed by atoms with van der Waals surface area (Å²) in [6.45, 7) is 7.77. The average molecular weight is 325 g/mol. The Hall–Kier alpha value is -2.63. The number of fused-ring (bicyclic) bond motifs is 1. The van der Waals surface area contributed by atoms with Crippen LogP contribution in [0.15, 0.2) is 36.7 Å². The van der Waals surface area contributed by atoms with Gasteiger partial charge < -0.3 is 10.1 Å². The van der Waals surface area contributed by atoms with Gasteiger partial charge in [0.2, 0.25) is 0 Å². The van der Waals surface area contributed by atoms with E-state index in [4.69, 9.17) is 4.74 Å². The van der Waals surface area contributed by atoms with Crippen LogP contribution in [0.2, 0.25) is 0 Å². The molecule has 3 rings (SSSR count). The molecule has 0 saturated heterocycles. The maximum atomic E-state index is 5.79. The van der Waals surface area contributed by atoms with Crippen molar-refractivity contribution in [1.29, 1.82) is 0 Å². The predicted octanol–water partition coefficient (Wildman–Crippen LogP) is 3.33. The molecule has 1 N–H and O–H groups in total. The van der Waals surface area contributed by atoms with Crippen molar-refractivity contribution in [1.82, 2.24) is 19.6 Å². The van der Waals surface area contributed by atoms with Gasteiger partial charge in [-0.1, -0.05) is 32.9 Å². The SMILES string of the molecule is CCc1cc(NCc2cccc(OCC(C)C)c2)n2ncnc2n1.